The monoisotopic (exact) mass is 201 g/mol. The molecule has 1 N–H and O–H groups in total. The lowest BCUT2D eigenvalue weighted by atomic mass is 10.2. The lowest BCUT2D eigenvalue weighted by Gasteiger charge is -2.21. The fourth-order valence-electron chi connectivity index (χ4n) is 1.46. The molecule has 1 aromatic heterocycles. The Balaban J connectivity index is 2.18. The Kier molecular flexibility index (Phi) is 2.13. The van der Waals surface area contributed by atoms with Crippen LogP contribution in [0.2, 0.25) is 0 Å². The van der Waals surface area contributed by atoms with Crippen LogP contribution in [-0.2, 0) is 9.84 Å². The summed E-state index contributed by atoms with van der Waals surface area (Å²) in [6, 6.07) is 3.38. The van der Waals surface area contributed by atoms with Crippen molar-refractivity contribution in [3.8, 4) is 0 Å². The molecule has 0 saturated carbocycles. The maximum absolute atomic E-state index is 11.3. The first-order valence-electron chi connectivity index (χ1n) is 4.15. The van der Waals surface area contributed by atoms with E-state index in [1.54, 1.807) is 18.4 Å². The second-order valence-electron chi connectivity index (χ2n) is 3.14. The third-order valence-electron chi connectivity index (χ3n) is 2.11. The number of nitrogens with one attached hydrogen (secondary N) is 1. The van der Waals surface area contributed by atoms with Crippen molar-refractivity contribution in [3.05, 3.63) is 24.2 Å². The Labute approximate surface area is 76.9 Å². The van der Waals surface area contributed by atoms with Crippen LogP contribution in [0.25, 0.3) is 0 Å². The van der Waals surface area contributed by atoms with Gasteiger partial charge in [-0.1, -0.05) is 0 Å². The largest absolute Gasteiger partial charge is 0.468 e. The molecule has 1 saturated heterocycles. The van der Waals surface area contributed by atoms with Gasteiger partial charge in [0.1, 0.15) is 5.76 Å². The van der Waals surface area contributed by atoms with Gasteiger partial charge in [-0.2, -0.15) is 0 Å². The molecule has 0 amide bonds. The molecular formula is C8H11NO3S. The molecule has 5 heteroatoms. The summed E-state index contributed by atoms with van der Waals surface area (Å²) >= 11 is 0. The van der Waals surface area contributed by atoms with Crippen molar-refractivity contribution in [1.82, 2.24) is 5.32 Å². The average molecular weight is 201 g/mol. The first-order valence-corrected chi connectivity index (χ1v) is 5.97. The molecule has 2 rings (SSSR count). The van der Waals surface area contributed by atoms with Crippen LogP contribution in [0.15, 0.2) is 22.8 Å². The van der Waals surface area contributed by atoms with Gasteiger partial charge in [0, 0.05) is 6.54 Å². The third-order valence-corrected chi connectivity index (χ3v) is 3.78. The van der Waals surface area contributed by atoms with Crippen molar-refractivity contribution in [1.29, 1.82) is 0 Å². The molecular weight excluding hydrogens is 190 g/mol. The first-order chi connectivity index (χ1) is 6.17. The van der Waals surface area contributed by atoms with Gasteiger partial charge in [0.25, 0.3) is 0 Å². The van der Waals surface area contributed by atoms with Gasteiger partial charge < -0.3 is 9.73 Å². The quantitative estimate of drug-likeness (QED) is 0.711. The molecule has 1 aliphatic heterocycles. The normalized spacial score (nSPS) is 27.2. The van der Waals surface area contributed by atoms with E-state index < -0.39 is 9.84 Å². The topological polar surface area (TPSA) is 59.3 Å². The number of hydrogen-bond acceptors (Lipinski definition) is 4. The van der Waals surface area contributed by atoms with E-state index in [1.165, 1.54) is 0 Å². The Morgan fingerprint density at radius 2 is 2.38 bits per heavy atom. The molecule has 4 nitrogen and oxygen atoms in total. The minimum atomic E-state index is -2.88. The van der Waals surface area contributed by atoms with E-state index in [9.17, 15) is 8.42 Å². The molecule has 1 atom stereocenters. The van der Waals surface area contributed by atoms with Crippen LogP contribution in [-0.4, -0.2) is 26.5 Å². The number of rotatable bonds is 1. The van der Waals surface area contributed by atoms with E-state index in [0.29, 0.717) is 12.3 Å². The van der Waals surface area contributed by atoms with E-state index in [2.05, 4.69) is 5.32 Å². The molecule has 1 unspecified atom stereocenters. The SMILES string of the molecule is O=S1(=O)CCNC(c2ccco2)C1. The van der Waals surface area contributed by atoms with Crippen molar-refractivity contribution in [2.24, 2.45) is 0 Å². The Morgan fingerprint density at radius 1 is 1.54 bits per heavy atom. The van der Waals surface area contributed by atoms with Crippen molar-refractivity contribution in [3.63, 3.8) is 0 Å². The summed E-state index contributed by atoms with van der Waals surface area (Å²) in [4.78, 5) is 0. The number of sulfone groups is 1. The van der Waals surface area contributed by atoms with Gasteiger partial charge in [0.05, 0.1) is 23.8 Å². The highest BCUT2D eigenvalue weighted by molar-refractivity contribution is 7.91. The molecule has 13 heavy (non-hydrogen) atoms. The van der Waals surface area contributed by atoms with E-state index >= 15 is 0 Å². The summed E-state index contributed by atoms with van der Waals surface area (Å²) in [5.41, 5.74) is 0. The zero-order chi connectivity index (χ0) is 9.31. The zero-order valence-corrected chi connectivity index (χ0v) is 7.88. The molecule has 1 aliphatic rings. The lowest BCUT2D eigenvalue weighted by molar-refractivity contribution is 0.426. The molecule has 1 aromatic rings. The summed E-state index contributed by atoms with van der Waals surface area (Å²) in [6.07, 6.45) is 1.55. The molecule has 0 spiro atoms. The van der Waals surface area contributed by atoms with E-state index in [1.807, 2.05) is 0 Å². The standard InChI is InChI=1S/C8H11NO3S/c10-13(11)5-3-9-7(6-13)8-2-1-4-12-8/h1-2,4,7,9H,3,5-6H2. The summed E-state index contributed by atoms with van der Waals surface area (Å²) in [7, 11) is -2.88. The maximum Gasteiger partial charge on any atom is 0.153 e. The highest BCUT2D eigenvalue weighted by Gasteiger charge is 2.26. The number of furan rings is 1. The molecule has 0 bridgehead atoms. The van der Waals surface area contributed by atoms with E-state index in [4.69, 9.17) is 4.42 Å². The molecule has 0 aromatic carbocycles. The number of hydrogen-bond donors (Lipinski definition) is 1. The van der Waals surface area contributed by atoms with Gasteiger partial charge in [-0.05, 0) is 12.1 Å². The molecule has 72 valence electrons. The smallest absolute Gasteiger partial charge is 0.153 e. The van der Waals surface area contributed by atoms with Crippen LogP contribution in [0.5, 0.6) is 0 Å². The van der Waals surface area contributed by atoms with E-state index in [0.717, 1.165) is 0 Å². The molecule has 1 fully saturated rings. The Hall–Kier alpha value is -0.810. The minimum absolute atomic E-state index is 0.139. The average Bonchev–Trinajstić information content (AvgIpc) is 2.53. The fraction of sp³-hybridized carbons (Fsp3) is 0.500. The van der Waals surface area contributed by atoms with Gasteiger partial charge in [-0.15, -0.1) is 0 Å². The summed E-state index contributed by atoms with van der Waals surface area (Å²) in [6.45, 7) is 0.508. The van der Waals surface area contributed by atoms with Crippen molar-refractivity contribution >= 4 is 9.84 Å². The van der Waals surface area contributed by atoms with E-state index in [-0.39, 0.29) is 17.5 Å². The molecule has 0 aliphatic carbocycles. The van der Waals surface area contributed by atoms with Gasteiger partial charge >= 0.3 is 0 Å². The lowest BCUT2D eigenvalue weighted by Crippen LogP contribution is -2.38. The summed E-state index contributed by atoms with van der Waals surface area (Å²) in [5.74, 6) is 1.06. The summed E-state index contributed by atoms with van der Waals surface area (Å²) < 4.78 is 27.7. The highest BCUT2D eigenvalue weighted by atomic mass is 32.2. The molecule has 2 heterocycles. The van der Waals surface area contributed by atoms with Gasteiger partial charge in [0.15, 0.2) is 9.84 Å². The van der Waals surface area contributed by atoms with Crippen LogP contribution < -0.4 is 5.32 Å². The van der Waals surface area contributed by atoms with Gasteiger partial charge in [-0.3, -0.25) is 0 Å². The van der Waals surface area contributed by atoms with Crippen LogP contribution in [0.3, 0.4) is 0 Å². The van der Waals surface area contributed by atoms with Crippen LogP contribution in [0, 0.1) is 0 Å². The van der Waals surface area contributed by atoms with Crippen LogP contribution >= 0.6 is 0 Å². The van der Waals surface area contributed by atoms with Gasteiger partial charge in [-0.25, -0.2) is 8.42 Å². The third kappa shape index (κ3) is 1.92. The summed E-state index contributed by atoms with van der Waals surface area (Å²) in [5, 5.41) is 3.10. The first kappa shape index (κ1) is 8.77. The second-order valence-corrected chi connectivity index (χ2v) is 5.37. The predicted molar refractivity (Wildman–Crippen MR) is 48.1 cm³/mol. The fourth-order valence-corrected chi connectivity index (χ4v) is 2.84. The predicted octanol–water partition coefficient (Wildman–Crippen LogP) is 0.339. The highest BCUT2D eigenvalue weighted by Crippen LogP contribution is 2.18. The van der Waals surface area contributed by atoms with Crippen molar-refractivity contribution < 1.29 is 12.8 Å². The Morgan fingerprint density at radius 3 is 3.00 bits per heavy atom. The zero-order valence-electron chi connectivity index (χ0n) is 7.06. The molecule has 0 radical (unpaired) electrons. The van der Waals surface area contributed by atoms with Crippen molar-refractivity contribution in [2.45, 2.75) is 6.04 Å². The van der Waals surface area contributed by atoms with Crippen molar-refractivity contribution in [2.75, 3.05) is 18.1 Å². The maximum atomic E-state index is 11.3. The minimum Gasteiger partial charge on any atom is -0.468 e. The van der Waals surface area contributed by atoms with Crippen LogP contribution in [0.4, 0.5) is 0 Å². The second kappa shape index (κ2) is 3.16. The van der Waals surface area contributed by atoms with Gasteiger partial charge in [0.2, 0.25) is 0 Å². The van der Waals surface area contributed by atoms with Crippen LogP contribution in [0.1, 0.15) is 11.8 Å². The Bertz CT molecular complexity index is 368.